The van der Waals surface area contributed by atoms with Gasteiger partial charge in [-0.05, 0) is 13.0 Å². The number of carbonyl (C=O) groups is 2. The molecule has 14 heavy (non-hydrogen) atoms. The topological polar surface area (TPSA) is 53.2 Å². The first-order valence-electron chi connectivity index (χ1n) is 4.74. The van der Waals surface area contributed by atoms with Crippen LogP contribution in [0, 0.1) is 0 Å². The van der Waals surface area contributed by atoms with Crippen molar-refractivity contribution in [3.63, 3.8) is 0 Å². The van der Waals surface area contributed by atoms with Gasteiger partial charge in [0.25, 0.3) is 5.91 Å². The van der Waals surface area contributed by atoms with E-state index in [2.05, 4.69) is 4.98 Å². The molecule has 0 spiro atoms. The third-order valence-corrected chi connectivity index (χ3v) is 2.54. The number of nitrogens with one attached hydrogen (secondary N) is 1. The van der Waals surface area contributed by atoms with Crippen molar-refractivity contribution >= 4 is 11.7 Å². The molecule has 4 nitrogen and oxygen atoms in total. The molecule has 1 aliphatic heterocycles. The highest BCUT2D eigenvalue weighted by molar-refractivity contribution is 6.08. The Morgan fingerprint density at radius 3 is 3.00 bits per heavy atom. The van der Waals surface area contributed by atoms with E-state index in [9.17, 15) is 9.59 Å². The maximum absolute atomic E-state index is 11.8. The normalized spacial score (nSPS) is 16.8. The van der Waals surface area contributed by atoms with E-state index in [-0.39, 0.29) is 11.7 Å². The average molecular weight is 192 g/mol. The summed E-state index contributed by atoms with van der Waals surface area (Å²) in [6.45, 7) is 3.08. The number of fused-ring (bicyclic) bond motifs is 1. The highest BCUT2D eigenvalue weighted by Crippen LogP contribution is 2.16. The highest BCUT2D eigenvalue weighted by atomic mass is 16.2. The Bertz CT molecular complexity index is 381. The predicted octanol–water partition coefficient (Wildman–Crippen LogP) is 1.06. The summed E-state index contributed by atoms with van der Waals surface area (Å²) in [5, 5.41) is 0. The fraction of sp³-hybridized carbons (Fsp3) is 0.400. The van der Waals surface area contributed by atoms with Gasteiger partial charge in [-0.2, -0.15) is 0 Å². The second kappa shape index (κ2) is 3.29. The Morgan fingerprint density at radius 1 is 1.50 bits per heavy atom. The summed E-state index contributed by atoms with van der Waals surface area (Å²) in [5.41, 5.74) is 0.973. The highest BCUT2D eigenvalue weighted by Gasteiger charge is 2.26. The molecular weight excluding hydrogens is 180 g/mol. The summed E-state index contributed by atoms with van der Waals surface area (Å²) in [7, 11) is 0. The molecule has 0 radical (unpaired) electrons. The van der Waals surface area contributed by atoms with Crippen LogP contribution in [0.5, 0.6) is 0 Å². The molecule has 0 aliphatic carbocycles. The Balaban J connectivity index is 2.45. The maximum atomic E-state index is 11.8. The number of ketones is 1. The molecule has 1 N–H and O–H groups in total. The van der Waals surface area contributed by atoms with Crippen molar-refractivity contribution in [3.05, 3.63) is 23.5 Å². The number of nitrogens with zero attached hydrogens (tertiary/aromatic N) is 1. The van der Waals surface area contributed by atoms with Crippen molar-refractivity contribution in [2.45, 2.75) is 13.3 Å². The smallest absolute Gasteiger partial charge is 0.271 e. The molecule has 1 amide bonds. The Hall–Kier alpha value is -1.58. The van der Waals surface area contributed by atoms with Crippen LogP contribution in [-0.2, 0) is 0 Å². The van der Waals surface area contributed by atoms with Crippen molar-refractivity contribution < 1.29 is 9.59 Å². The fourth-order valence-corrected chi connectivity index (χ4v) is 1.71. The summed E-state index contributed by atoms with van der Waals surface area (Å²) in [5.74, 6) is -0.0242. The lowest BCUT2D eigenvalue weighted by atomic mass is 10.1. The van der Waals surface area contributed by atoms with E-state index >= 15 is 0 Å². The van der Waals surface area contributed by atoms with E-state index < -0.39 is 0 Å². The average Bonchev–Trinajstić information content (AvgIpc) is 2.62. The fourth-order valence-electron chi connectivity index (χ4n) is 1.71. The van der Waals surface area contributed by atoms with Gasteiger partial charge < -0.3 is 9.88 Å². The number of aromatic amines is 1. The van der Waals surface area contributed by atoms with Gasteiger partial charge in [-0.1, -0.05) is 0 Å². The number of carbonyl (C=O) groups excluding carboxylic acids is 2. The largest absolute Gasteiger partial charge is 0.357 e. The Morgan fingerprint density at radius 2 is 2.29 bits per heavy atom. The maximum Gasteiger partial charge on any atom is 0.271 e. The zero-order valence-corrected chi connectivity index (χ0v) is 8.04. The number of hydrogen-bond donors (Lipinski definition) is 1. The van der Waals surface area contributed by atoms with Gasteiger partial charge in [0.1, 0.15) is 5.69 Å². The number of hydrogen-bond acceptors (Lipinski definition) is 2. The molecule has 0 bridgehead atoms. The first-order valence-corrected chi connectivity index (χ1v) is 4.74. The molecule has 74 valence electrons. The second-order valence-corrected chi connectivity index (χ2v) is 3.32. The minimum atomic E-state index is -0.0710. The molecule has 1 aromatic heterocycles. The molecule has 0 atom stereocenters. The number of aromatic nitrogens is 1. The van der Waals surface area contributed by atoms with Crippen LogP contribution in [-0.4, -0.2) is 34.7 Å². The molecule has 1 aliphatic rings. The molecular formula is C10H12N2O2. The lowest BCUT2D eigenvalue weighted by molar-refractivity contribution is 0.0762. The summed E-state index contributed by atoms with van der Waals surface area (Å²) < 4.78 is 0. The van der Waals surface area contributed by atoms with Crippen LogP contribution in [0.3, 0.4) is 0 Å². The van der Waals surface area contributed by atoms with Crippen molar-refractivity contribution in [2.75, 3.05) is 13.1 Å². The van der Waals surface area contributed by atoms with Crippen LogP contribution in [0.4, 0.5) is 0 Å². The van der Waals surface area contributed by atoms with Crippen LogP contribution in [0.1, 0.15) is 34.2 Å². The predicted molar refractivity (Wildman–Crippen MR) is 51.3 cm³/mol. The summed E-state index contributed by atoms with van der Waals surface area (Å²) in [6, 6.07) is 1.68. The van der Waals surface area contributed by atoms with Crippen molar-refractivity contribution in [1.82, 2.24) is 9.88 Å². The number of H-pyrrole nitrogens is 1. The lowest BCUT2D eigenvalue weighted by Crippen LogP contribution is -2.30. The minimum absolute atomic E-state index is 0.0468. The van der Waals surface area contributed by atoms with Gasteiger partial charge in [0.2, 0.25) is 0 Å². The summed E-state index contributed by atoms with van der Waals surface area (Å²) >= 11 is 0. The Labute approximate surface area is 81.9 Å². The third kappa shape index (κ3) is 1.23. The van der Waals surface area contributed by atoms with Crippen LogP contribution < -0.4 is 0 Å². The number of rotatable bonds is 1. The van der Waals surface area contributed by atoms with E-state index in [4.69, 9.17) is 0 Å². The summed E-state index contributed by atoms with van der Waals surface area (Å²) in [4.78, 5) is 27.9. The molecule has 0 unspecified atom stereocenters. The monoisotopic (exact) mass is 192 g/mol. The standard InChI is InChI=1S/C10H12N2O2/c1-2-12-6-4-8(13)7-3-5-11-9(7)10(12)14/h3,5,11H,2,4,6H2,1H3. The molecule has 0 saturated heterocycles. The third-order valence-electron chi connectivity index (χ3n) is 2.54. The van der Waals surface area contributed by atoms with E-state index in [1.807, 2.05) is 6.92 Å². The van der Waals surface area contributed by atoms with Gasteiger partial charge in [0.05, 0.1) is 0 Å². The molecule has 2 rings (SSSR count). The minimum Gasteiger partial charge on any atom is -0.357 e. The van der Waals surface area contributed by atoms with E-state index in [0.717, 1.165) is 0 Å². The molecule has 2 heterocycles. The molecule has 0 aromatic carbocycles. The van der Waals surface area contributed by atoms with Crippen molar-refractivity contribution in [1.29, 1.82) is 0 Å². The quantitative estimate of drug-likeness (QED) is 0.723. The summed E-state index contributed by atoms with van der Waals surface area (Å²) in [6.07, 6.45) is 2.06. The second-order valence-electron chi connectivity index (χ2n) is 3.32. The van der Waals surface area contributed by atoms with E-state index in [1.54, 1.807) is 17.2 Å². The first-order chi connectivity index (χ1) is 6.74. The van der Waals surface area contributed by atoms with Crippen molar-refractivity contribution in [2.24, 2.45) is 0 Å². The van der Waals surface area contributed by atoms with Gasteiger partial charge in [-0.25, -0.2) is 0 Å². The van der Waals surface area contributed by atoms with E-state index in [1.165, 1.54) is 0 Å². The molecule has 0 fully saturated rings. The van der Waals surface area contributed by atoms with Crippen LogP contribution in [0.15, 0.2) is 12.3 Å². The zero-order chi connectivity index (χ0) is 10.1. The molecule has 0 saturated carbocycles. The number of amides is 1. The van der Waals surface area contributed by atoms with Gasteiger partial charge >= 0.3 is 0 Å². The lowest BCUT2D eigenvalue weighted by Gasteiger charge is -2.16. The zero-order valence-electron chi connectivity index (χ0n) is 8.04. The van der Waals surface area contributed by atoms with Gasteiger partial charge in [0, 0.05) is 31.3 Å². The van der Waals surface area contributed by atoms with Gasteiger partial charge in [-0.3, -0.25) is 9.59 Å². The Kier molecular flexibility index (Phi) is 2.11. The first kappa shape index (κ1) is 8.99. The van der Waals surface area contributed by atoms with Crippen LogP contribution >= 0.6 is 0 Å². The van der Waals surface area contributed by atoms with Crippen LogP contribution in [0.2, 0.25) is 0 Å². The number of Topliss-reactive ketones (excluding diaryl/α,β-unsaturated/α-hetero) is 1. The molecule has 4 heteroatoms. The van der Waals surface area contributed by atoms with Gasteiger partial charge in [0.15, 0.2) is 5.78 Å². The van der Waals surface area contributed by atoms with Gasteiger partial charge in [-0.15, -0.1) is 0 Å². The SMILES string of the molecule is CCN1CCC(=O)c2cc[nH]c2C1=O. The van der Waals surface area contributed by atoms with E-state index in [0.29, 0.717) is 30.8 Å². The van der Waals surface area contributed by atoms with Crippen LogP contribution in [0.25, 0.3) is 0 Å². The molecule has 1 aromatic rings. The van der Waals surface area contributed by atoms with Crippen molar-refractivity contribution in [3.8, 4) is 0 Å².